The van der Waals surface area contributed by atoms with Gasteiger partial charge < -0.3 is 33.6 Å². The molecule has 35 heavy (non-hydrogen) atoms. The highest BCUT2D eigenvalue weighted by atomic mass is 16.2. The molecule has 0 saturated carbocycles. The third-order valence-electron chi connectivity index (χ3n) is 5.55. The Morgan fingerprint density at radius 3 is 2.20 bits per heavy atom. The Hall–Kier alpha value is -3.66. The SMILES string of the molecule is CC(C)C[C@H](NC(=O)[C@H](CCCN=C(N)N)NC(=O)[C@H](N)Cc1ccc2ccccc2c1)C(N)=O. The van der Waals surface area contributed by atoms with Crippen LogP contribution in [-0.4, -0.2) is 48.4 Å². The van der Waals surface area contributed by atoms with Crippen molar-refractivity contribution >= 4 is 34.5 Å². The van der Waals surface area contributed by atoms with Gasteiger partial charge in [0.2, 0.25) is 17.7 Å². The van der Waals surface area contributed by atoms with Gasteiger partial charge in [-0.2, -0.15) is 0 Å². The summed E-state index contributed by atoms with van der Waals surface area (Å²) < 4.78 is 0. The van der Waals surface area contributed by atoms with Gasteiger partial charge in [0.25, 0.3) is 0 Å². The van der Waals surface area contributed by atoms with Gasteiger partial charge in [-0.3, -0.25) is 19.4 Å². The highest BCUT2D eigenvalue weighted by Gasteiger charge is 2.27. The van der Waals surface area contributed by atoms with Crippen LogP contribution in [0.2, 0.25) is 0 Å². The third kappa shape index (κ3) is 9.24. The second-order valence-corrected chi connectivity index (χ2v) is 9.10. The van der Waals surface area contributed by atoms with Gasteiger partial charge in [-0.25, -0.2) is 0 Å². The number of benzene rings is 2. The number of hydrogen-bond acceptors (Lipinski definition) is 5. The molecule has 10 nitrogen and oxygen atoms in total. The van der Waals surface area contributed by atoms with Gasteiger partial charge in [0.15, 0.2) is 5.96 Å². The number of carbonyl (C=O) groups is 3. The lowest BCUT2D eigenvalue weighted by Gasteiger charge is -2.24. The molecule has 0 fully saturated rings. The number of amides is 3. The number of carbonyl (C=O) groups excluding carboxylic acids is 3. The second-order valence-electron chi connectivity index (χ2n) is 9.10. The number of fused-ring (bicyclic) bond motifs is 1. The average molecular weight is 484 g/mol. The van der Waals surface area contributed by atoms with E-state index in [1.165, 1.54) is 0 Å². The Morgan fingerprint density at radius 2 is 1.57 bits per heavy atom. The van der Waals surface area contributed by atoms with Crippen LogP contribution in [0.4, 0.5) is 0 Å². The summed E-state index contributed by atoms with van der Waals surface area (Å²) >= 11 is 0. The lowest BCUT2D eigenvalue weighted by atomic mass is 10.0. The van der Waals surface area contributed by atoms with E-state index in [0.29, 0.717) is 19.3 Å². The van der Waals surface area contributed by atoms with E-state index in [4.69, 9.17) is 22.9 Å². The van der Waals surface area contributed by atoms with Crippen LogP contribution in [0.3, 0.4) is 0 Å². The van der Waals surface area contributed by atoms with Crippen molar-refractivity contribution in [1.29, 1.82) is 0 Å². The number of nitrogens with zero attached hydrogens (tertiary/aromatic N) is 1. The van der Waals surface area contributed by atoms with Crippen molar-refractivity contribution in [2.45, 2.75) is 57.7 Å². The number of guanidine groups is 1. The van der Waals surface area contributed by atoms with Gasteiger partial charge in [-0.1, -0.05) is 56.3 Å². The van der Waals surface area contributed by atoms with E-state index in [0.717, 1.165) is 16.3 Å². The summed E-state index contributed by atoms with van der Waals surface area (Å²) in [7, 11) is 0. The molecule has 0 spiro atoms. The van der Waals surface area contributed by atoms with Gasteiger partial charge in [-0.15, -0.1) is 0 Å². The molecule has 0 bridgehead atoms. The first-order chi connectivity index (χ1) is 16.6. The van der Waals surface area contributed by atoms with E-state index in [-0.39, 0.29) is 24.8 Å². The van der Waals surface area contributed by atoms with Crippen LogP contribution < -0.4 is 33.6 Å². The van der Waals surface area contributed by atoms with Crippen LogP contribution in [0.15, 0.2) is 47.5 Å². The molecule has 0 radical (unpaired) electrons. The number of aliphatic imine (C=N–C) groups is 1. The number of primary amides is 1. The lowest BCUT2D eigenvalue weighted by molar-refractivity contribution is -0.132. The molecule has 3 amide bonds. The summed E-state index contributed by atoms with van der Waals surface area (Å²) in [6.45, 7) is 4.13. The molecule has 2 aromatic rings. The standard InChI is InChI=1S/C25H37N7O3/c1-15(2)12-21(22(27)33)32-24(35)20(8-5-11-30-25(28)29)31-23(34)19(26)14-16-9-10-17-6-3-4-7-18(17)13-16/h3-4,6-7,9-10,13,15,19-21H,5,8,11-12,14,26H2,1-2H3,(H2,27,33)(H,31,34)(H,32,35)(H4,28,29,30)/t19-,20+,21+/m1/s1. The molecule has 10 N–H and O–H groups in total. The van der Waals surface area contributed by atoms with E-state index in [2.05, 4.69) is 15.6 Å². The molecule has 2 aromatic carbocycles. The minimum atomic E-state index is -0.923. The first-order valence-electron chi connectivity index (χ1n) is 11.8. The third-order valence-corrected chi connectivity index (χ3v) is 5.55. The van der Waals surface area contributed by atoms with Crippen molar-refractivity contribution in [2.75, 3.05) is 6.54 Å². The van der Waals surface area contributed by atoms with E-state index in [1.54, 1.807) is 0 Å². The molecule has 0 aromatic heterocycles. The summed E-state index contributed by atoms with van der Waals surface area (Å²) in [4.78, 5) is 41.6. The predicted octanol–water partition coefficient (Wildman–Crippen LogP) is 0.264. The molecular weight excluding hydrogens is 446 g/mol. The van der Waals surface area contributed by atoms with E-state index >= 15 is 0 Å². The fraction of sp³-hybridized carbons (Fsp3) is 0.440. The number of rotatable bonds is 13. The second kappa shape index (κ2) is 13.3. The highest BCUT2D eigenvalue weighted by molar-refractivity contribution is 5.92. The summed E-state index contributed by atoms with van der Waals surface area (Å²) in [5.74, 6) is -1.54. The quantitative estimate of drug-likeness (QED) is 0.134. The first kappa shape index (κ1) is 27.6. The number of nitrogens with two attached hydrogens (primary N) is 4. The maximum Gasteiger partial charge on any atom is 0.243 e. The van der Waals surface area contributed by atoms with Crippen LogP contribution in [-0.2, 0) is 20.8 Å². The molecule has 0 aliphatic rings. The zero-order chi connectivity index (χ0) is 26.0. The molecular formula is C25H37N7O3. The number of nitrogens with one attached hydrogen (secondary N) is 2. The van der Waals surface area contributed by atoms with Gasteiger partial charge >= 0.3 is 0 Å². The van der Waals surface area contributed by atoms with Crippen molar-refractivity contribution < 1.29 is 14.4 Å². The molecule has 3 atom stereocenters. The monoisotopic (exact) mass is 483 g/mol. The van der Waals surface area contributed by atoms with Crippen LogP contribution in [0.1, 0.15) is 38.7 Å². The molecule has 0 aliphatic heterocycles. The smallest absolute Gasteiger partial charge is 0.243 e. The van der Waals surface area contributed by atoms with E-state index < -0.39 is 35.8 Å². The van der Waals surface area contributed by atoms with Crippen LogP contribution in [0.5, 0.6) is 0 Å². The minimum Gasteiger partial charge on any atom is -0.370 e. The van der Waals surface area contributed by atoms with Gasteiger partial charge in [-0.05, 0) is 47.9 Å². The molecule has 0 unspecified atom stereocenters. The van der Waals surface area contributed by atoms with Crippen LogP contribution in [0, 0.1) is 5.92 Å². The Morgan fingerprint density at radius 1 is 0.914 bits per heavy atom. The maximum atomic E-state index is 13.0. The van der Waals surface area contributed by atoms with Crippen molar-refractivity contribution in [2.24, 2.45) is 33.8 Å². The Kier molecular flexibility index (Phi) is 10.5. The van der Waals surface area contributed by atoms with Crippen LogP contribution in [0.25, 0.3) is 10.8 Å². The molecule has 0 aliphatic carbocycles. The minimum absolute atomic E-state index is 0.0572. The Bertz CT molecular complexity index is 1050. The predicted molar refractivity (Wildman–Crippen MR) is 138 cm³/mol. The summed E-state index contributed by atoms with van der Waals surface area (Å²) in [6, 6.07) is 11.2. The maximum absolute atomic E-state index is 13.0. The summed E-state index contributed by atoms with van der Waals surface area (Å²) in [6.07, 6.45) is 1.37. The number of hydrogen-bond donors (Lipinski definition) is 6. The van der Waals surface area contributed by atoms with Crippen molar-refractivity contribution in [3.8, 4) is 0 Å². The first-order valence-corrected chi connectivity index (χ1v) is 11.8. The topological polar surface area (TPSA) is 192 Å². The Balaban J connectivity index is 2.08. The van der Waals surface area contributed by atoms with Gasteiger partial charge in [0.1, 0.15) is 12.1 Å². The Labute approximate surface area is 205 Å². The molecule has 2 rings (SSSR count). The molecule has 0 heterocycles. The average Bonchev–Trinajstić information content (AvgIpc) is 2.79. The highest BCUT2D eigenvalue weighted by Crippen LogP contribution is 2.16. The summed E-state index contributed by atoms with van der Waals surface area (Å²) in [5, 5.41) is 7.53. The van der Waals surface area contributed by atoms with Crippen molar-refractivity contribution in [3.63, 3.8) is 0 Å². The molecule has 190 valence electrons. The fourth-order valence-corrected chi connectivity index (χ4v) is 3.75. The van der Waals surface area contributed by atoms with Crippen LogP contribution >= 0.6 is 0 Å². The van der Waals surface area contributed by atoms with Crippen molar-refractivity contribution in [3.05, 3.63) is 48.0 Å². The van der Waals surface area contributed by atoms with Gasteiger partial charge in [0, 0.05) is 6.54 Å². The normalized spacial score (nSPS) is 13.6. The zero-order valence-corrected chi connectivity index (χ0v) is 20.4. The molecule has 10 heteroatoms. The van der Waals surface area contributed by atoms with E-state index in [9.17, 15) is 14.4 Å². The lowest BCUT2D eigenvalue weighted by Crippen LogP contribution is -2.55. The summed E-state index contributed by atoms with van der Waals surface area (Å²) in [5.41, 5.74) is 23.3. The van der Waals surface area contributed by atoms with E-state index in [1.807, 2.05) is 56.3 Å². The zero-order valence-electron chi connectivity index (χ0n) is 20.4. The van der Waals surface area contributed by atoms with Crippen molar-refractivity contribution in [1.82, 2.24) is 10.6 Å². The molecule has 0 saturated heterocycles. The van der Waals surface area contributed by atoms with Gasteiger partial charge in [0.05, 0.1) is 6.04 Å². The largest absolute Gasteiger partial charge is 0.370 e. The fourth-order valence-electron chi connectivity index (χ4n) is 3.75.